The summed E-state index contributed by atoms with van der Waals surface area (Å²) in [5.74, 6) is -2.33. The molecule has 0 amide bonds. The summed E-state index contributed by atoms with van der Waals surface area (Å²) in [6.07, 6.45) is 104. The van der Waals surface area contributed by atoms with Crippen LogP contribution in [0, 0.1) is 0 Å². The zero-order valence-electron chi connectivity index (χ0n) is 61.5. The standard InChI is InChI=1S/C85H145NO8/c1-6-8-10-12-14-16-18-20-22-24-26-28-30-32-34-36-38-40-41-42-43-44-46-48-50-52-54-56-58-60-62-64-66-68-70-72-74-76-83(88)94-81(80-93-85(84(89)90)91-78-77-86(3,4)5)79-92-82(87)75-73-71-69-67-65-63-61-59-57-55-53-51-49-47-45-39-37-35-33-31-29-27-25-23-21-19-17-15-13-11-9-7-2/h8,10,14,16,20,22,26,28,32,34,38,40,42-43,46,48,52,54,58,60,64,66,81,85H,6-7,9,11-13,15,17-19,21,23-25,27,29-31,33,35-37,39,41,44-45,47,49-51,53,55-57,59,61-63,65,67-80H2,1-5H3/b10-8-,16-14-,22-20-,28-26-,34-32-,40-38-,43-42-,48-46-,54-52-,60-58-,66-64-. The Hall–Kier alpha value is -4.57. The average Bonchev–Trinajstić information content (AvgIpc) is 3.75. The number of rotatable bonds is 71. The molecule has 0 aromatic heterocycles. The fourth-order valence-electron chi connectivity index (χ4n) is 10.8. The molecular formula is C85H145NO8. The number of nitrogens with zero attached hydrogens (tertiary/aromatic N) is 1. The van der Waals surface area contributed by atoms with E-state index in [1.165, 1.54) is 186 Å². The van der Waals surface area contributed by atoms with E-state index in [4.69, 9.17) is 18.9 Å². The van der Waals surface area contributed by atoms with Crippen LogP contribution in [-0.4, -0.2) is 82.3 Å². The number of carboxylic acids is 1. The van der Waals surface area contributed by atoms with Crippen LogP contribution in [0.5, 0.6) is 0 Å². The van der Waals surface area contributed by atoms with Crippen molar-refractivity contribution in [2.45, 2.75) is 341 Å². The summed E-state index contributed by atoms with van der Waals surface area (Å²) in [4.78, 5) is 37.6. The molecule has 538 valence electrons. The van der Waals surface area contributed by atoms with Crippen LogP contribution in [0.4, 0.5) is 0 Å². The van der Waals surface area contributed by atoms with Gasteiger partial charge in [-0.2, -0.15) is 0 Å². The molecule has 0 aliphatic carbocycles. The van der Waals surface area contributed by atoms with E-state index in [1.54, 1.807) is 0 Å². The van der Waals surface area contributed by atoms with E-state index < -0.39 is 24.3 Å². The summed E-state index contributed by atoms with van der Waals surface area (Å²) >= 11 is 0. The van der Waals surface area contributed by atoms with Crippen molar-refractivity contribution in [2.24, 2.45) is 0 Å². The maximum atomic E-state index is 12.9. The van der Waals surface area contributed by atoms with Crippen molar-refractivity contribution in [3.05, 3.63) is 134 Å². The number of carbonyl (C=O) groups excluding carboxylic acids is 3. The van der Waals surface area contributed by atoms with Crippen molar-refractivity contribution in [2.75, 3.05) is 47.5 Å². The molecule has 0 radical (unpaired) electrons. The highest BCUT2D eigenvalue weighted by Gasteiger charge is 2.22. The number of hydrogen-bond donors (Lipinski definition) is 0. The first-order valence-electron chi connectivity index (χ1n) is 38.8. The molecule has 0 N–H and O–H groups in total. The Morgan fingerprint density at radius 3 is 0.904 bits per heavy atom. The van der Waals surface area contributed by atoms with Gasteiger partial charge in [0, 0.05) is 12.8 Å². The van der Waals surface area contributed by atoms with E-state index in [0.717, 1.165) is 109 Å². The molecule has 0 aliphatic rings. The number of unbranched alkanes of at least 4 members (excludes halogenated alkanes) is 34. The molecule has 0 heterocycles. The lowest BCUT2D eigenvalue weighted by Gasteiger charge is -2.26. The van der Waals surface area contributed by atoms with Gasteiger partial charge in [-0.15, -0.1) is 0 Å². The quantitative estimate of drug-likeness (QED) is 0.0195. The predicted molar refractivity (Wildman–Crippen MR) is 403 cm³/mol. The smallest absolute Gasteiger partial charge is 0.306 e. The van der Waals surface area contributed by atoms with Gasteiger partial charge in [0.2, 0.25) is 0 Å². The molecule has 0 aromatic carbocycles. The molecule has 2 unspecified atom stereocenters. The zero-order valence-corrected chi connectivity index (χ0v) is 61.5. The first-order chi connectivity index (χ1) is 46.1. The molecule has 0 spiro atoms. The van der Waals surface area contributed by atoms with Gasteiger partial charge in [-0.3, -0.25) is 9.59 Å². The molecular weight excluding hydrogens is 1160 g/mol. The lowest BCUT2D eigenvalue weighted by Crippen LogP contribution is -2.44. The maximum Gasteiger partial charge on any atom is 0.306 e. The van der Waals surface area contributed by atoms with Gasteiger partial charge in [0.25, 0.3) is 0 Å². The average molecular weight is 1310 g/mol. The van der Waals surface area contributed by atoms with Crippen LogP contribution in [0.1, 0.15) is 328 Å². The van der Waals surface area contributed by atoms with Gasteiger partial charge in [-0.25, -0.2) is 0 Å². The predicted octanol–water partition coefficient (Wildman–Crippen LogP) is 23.5. The summed E-state index contributed by atoms with van der Waals surface area (Å²) in [5, 5.41) is 11.8. The first-order valence-corrected chi connectivity index (χ1v) is 38.8. The number of carbonyl (C=O) groups is 3. The third kappa shape index (κ3) is 74.8. The van der Waals surface area contributed by atoms with Gasteiger partial charge in [-0.1, -0.05) is 353 Å². The van der Waals surface area contributed by atoms with Crippen molar-refractivity contribution >= 4 is 17.9 Å². The maximum absolute atomic E-state index is 12.9. The Morgan fingerprint density at radius 2 is 0.606 bits per heavy atom. The number of esters is 2. The summed E-state index contributed by atoms with van der Waals surface area (Å²) in [6, 6.07) is 0. The van der Waals surface area contributed by atoms with E-state index in [1.807, 2.05) is 21.1 Å². The number of hydrogen-bond acceptors (Lipinski definition) is 8. The Morgan fingerprint density at radius 1 is 0.330 bits per heavy atom. The number of carboxylic acid groups (broad SMARTS) is 1. The second-order valence-corrected chi connectivity index (χ2v) is 26.9. The fraction of sp³-hybridized carbons (Fsp3) is 0.706. The van der Waals surface area contributed by atoms with Gasteiger partial charge >= 0.3 is 11.9 Å². The minimum atomic E-state index is -1.64. The minimum absolute atomic E-state index is 0.136. The summed E-state index contributed by atoms with van der Waals surface area (Å²) in [5.41, 5.74) is 0. The molecule has 94 heavy (non-hydrogen) atoms. The number of aliphatic carboxylic acids is 1. The molecule has 9 heteroatoms. The molecule has 0 saturated carbocycles. The third-order valence-electron chi connectivity index (χ3n) is 16.7. The van der Waals surface area contributed by atoms with Gasteiger partial charge in [0.15, 0.2) is 12.4 Å². The van der Waals surface area contributed by atoms with Crippen molar-refractivity contribution < 1.29 is 42.9 Å². The summed E-state index contributed by atoms with van der Waals surface area (Å²) in [7, 11) is 5.92. The van der Waals surface area contributed by atoms with E-state index in [0.29, 0.717) is 17.4 Å². The fourth-order valence-corrected chi connectivity index (χ4v) is 10.8. The largest absolute Gasteiger partial charge is 0.545 e. The highest BCUT2D eigenvalue weighted by atomic mass is 16.7. The van der Waals surface area contributed by atoms with E-state index in [9.17, 15) is 19.5 Å². The molecule has 0 bridgehead atoms. The number of quaternary nitrogens is 1. The summed E-state index contributed by atoms with van der Waals surface area (Å²) in [6.45, 7) is 4.62. The van der Waals surface area contributed by atoms with E-state index >= 15 is 0 Å². The van der Waals surface area contributed by atoms with Crippen LogP contribution in [0.3, 0.4) is 0 Å². The summed E-state index contributed by atoms with van der Waals surface area (Å²) < 4.78 is 22.8. The number of ether oxygens (including phenoxy) is 4. The van der Waals surface area contributed by atoms with Crippen LogP contribution < -0.4 is 5.11 Å². The van der Waals surface area contributed by atoms with Crippen molar-refractivity contribution in [3.63, 3.8) is 0 Å². The molecule has 0 fully saturated rings. The van der Waals surface area contributed by atoms with Crippen molar-refractivity contribution in [1.29, 1.82) is 0 Å². The van der Waals surface area contributed by atoms with Crippen LogP contribution in [0.2, 0.25) is 0 Å². The molecule has 0 aliphatic heterocycles. The molecule has 9 nitrogen and oxygen atoms in total. The molecule has 0 aromatic rings. The topological polar surface area (TPSA) is 111 Å². The first kappa shape index (κ1) is 89.4. The Kier molecular flexibility index (Phi) is 70.6. The lowest BCUT2D eigenvalue weighted by molar-refractivity contribution is -0.870. The van der Waals surface area contributed by atoms with Crippen LogP contribution in [0.25, 0.3) is 0 Å². The van der Waals surface area contributed by atoms with E-state index in [2.05, 4.69) is 148 Å². The normalized spacial score (nSPS) is 13.4. The number of allylic oxidation sites excluding steroid dienone is 22. The van der Waals surface area contributed by atoms with Gasteiger partial charge in [-0.05, 0) is 96.3 Å². The molecule has 0 saturated heterocycles. The number of likely N-dealkylation sites (N-methyl/N-ethyl adjacent to an activating group) is 1. The zero-order chi connectivity index (χ0) is 68.2. The Bertz CT molecular complexity index is 2010. The third-order valence-corrected chi connectivity index (χ3v) is 16.7. The molecule has 0 rings (SSSR count). The van der Waals surface area contributed by atoms with E-state index in [-0.39, 0.29) is 38.6 Å². The Labute approximate surface area is 580 Å². The SMILES string of the molecule is CC/C=C\C/C=C\C/C=C\C/C=C\C/C=C\C/C=C\C/C=C\C/C=C\C/C=C\C/C=C\C/C=C\CCCCCC(=O)OC(COC(=O)CCCCCCCCCCCCCCCCCCCCCCCCCCCCCCCCCC)COC(OCC[N+](C)(C)C)C(=O)[O-]. The van der Waals surface area contributed by atoms with Crippen LogP contribution in [0.15, 0.2) is 134 Å². The van der Waals surface area contributed by atoms with Gasteiger partial charge < -0.3 is 33.3 Å². The van der Waals surface area contributed by atoms with Gasteiger partial charge in [0.05, 0.1) is 40.3 Å². The minimum Gasteiger partial charge on any atom is -0.545 e. The van der Waals surface area contributed by atoms with Crippen LogP contribution >= 0.6 is 0 Å². The molecule has 2 atom stereocenters. The van der Waals surface area contributed by atoms with Crippen molar-refractivity contribution in [3.8, 4) is 0 Å². The lowest BCUT2D eigenvalue weighted by atomic mass is 10.0. The Balaban J connectivity index is 4.16. The van der Waals surface area contributed by atoms with Crippen molar-refractivity contribution in [1.82, 2.24) is 0 Å². The van der Waals surface area contributed by atoms with Crippen LogP contribution in [-0.2, 0) is 33.3 Å². The second-order valence-electron chi connectivity index (χ2n) is 26.9. The highest BCUT2D eigenvalue weighted by Crippen LogP contribution is 2.18. The van der Waals surface area contributed by atoms with Gasteiger partial charge in [0.1, 0.15) is 13.2 Å². The monoisotopic (exact) mass is 1310 g/mol. The second kappa shape index (κ2) is 74.2. The highest BCUT2D eigenvalue weighted by molar-refractivity contribution is 5.70.